The molecule has 0 radical (unpaired) electrons. The smallest absolute Gasteiger partial charge is 0.183 e. The van der Waals surface area contributed by atoms with Crippen LogP contribution in [-0.2, 0) is 24.3 Å². The number of rotatable bonds is 12. The highest BCUT2D eigenvalue weighted by Gasteiger charge is 2.31. The van der Waals surface area contributed by atoms with Gasteiger partial charge in [0.2, 0.25) is 0 Å². The van der Waals surface area contributed by atoms with Crippen LogP contribution in [0.1, 0.15) is 36.2 Å². The van der Waals surface area contributed by atoms with Crippen LogP contribution in [0.5, 0.6) is 0 Å². The van der Waals surface area contributed by atoms with E-state index in [4.69, 9.17) is 40.7 Å². The van der Waals surface area contributed by atoms with Crippen molar-refractivity contribution in [3.8, 4) is 6.07 Å². The normalized spacial score (nSPS) is 11.0. The molecule has 0 aliphatic carbocycles. The van der Waals surface area contributed by atoms with Crippen LogP contribution < -0.4 is 10.7 Å². The quantitative estimate of drug-likeness (QED) is 0.174. The van der Waals surface area contributed by atoms with E-state index in [1.54, 1.807) is 41.8 Å². The number of carbonyl (C=O) groups excluding carboxylic acids is 1. The van der Waals surface area contributed by atoms with Gasteiger partial charge in [-0.05, 0) is 41.5 Å². The first kappa shape index (κ1) is 29.3. The van der Waals surface area contributed by atoms with Gasteiger partial charge in [0.25, 0.3) is 0 Å². The van der Waals surface area contributed by atoms with Crippen molar-refractivity contribution in [3.05, 3.63) is 100 Å². The second-order valence-electron chi connectivity index (χ2n) is 9.41. The Morgan fingerprint density at radius 3 is 2.68 bits per heavy atom. The maximum atomic E-state index is 13.5. The Bertz CT molecular complexity index is 1330. The van der Waals surface area contributed by atoms with Crippen molar-refractivity contribution in [1.29, 1.82) is 5.26 Å². The molecular formula is C28H30Cl2N6OS. The number of nitriles is 1. The molecule has 198 valence electrons. The van der Waals surface area contributed by atoms with Gasteiger partial charge in [0.15, 0.2) is 5.11 Å². The van der Waals surface area contributed by atoms with Gasteiger partial charge in [0.05, 0.1) is 28.0 Å². The highest BCUT2D eigenvalue weighted by atomic mass is 35.5. The van der Waals surface area contributed by atoms with E-state index in [1.807, 2.05) is 42.7 Å². The number of hydrogen-bond donors (Lipinski definition) is 2. The molecule has 0 unspecified atom stereocenters. The topological polar surface area (TPSA) is 86.0 Å². The predicted octanol–water partition coefficient (Wildman–Crippen LogP) is 5.31. The summed E-state index contributed by atoms with van der Waals surface area (Å²) in [6.07, 6.45) is 5.35. The van der Waals surface area contributed by atoms with Gasteiger partial charge >= 0.3 is 0 Å². The lowest BCUT2D eigenvalue weighted by atomic mass is 9.85. The van der Waals surface area contributed by atoms with Crippen molar-refractivity contribution in [1.82, 2.24) is 25.3 Å². The van der Waals surface area contributed by atoms with Gasteiger partial charge in [-0.3, -0.25) is 9.80 Å². The van der Waals surface area contributed by atoms with Crippen LogP contribution in [0.2, 0.25) is 10.0 Å². The molecule has 2 N–H and O–H groups in total. The van der Waals surface area contributed by atoms with E-state index in [0.717, 1.165) is 16.8 Å². The van der Waals surface area contributed by atoms with E-state index < -0.39 is 5.41 Å². The second kappa shape index (κ2) is 13.5. The molecule has 0 saturated carbocycles. The molecule has 3 rings (SSSR count). The SMILES string of the molecule is C=CCNC(=S)N(CC(C)(C)C(=O)Cc1cncn1Cc1ccc(C#N)cc1)NCc1cccc(Cl)c1Cl. The van der Waals surface area contributed by atoms with Gasteiger partial charge in [0, 0.05) is 49.9 Å². The lowest BCUT2D eigenvalue weighted by Crippen LogP contribution is -2.53. The van der Waals surface area contributed by atoms with Crippen LogP contribution in [0.3, 0.4) is 0 Å². The van der Waals surface area contributed by atoms with Crippen LogP contribution >= 0.6 is 35.4 Å². The largest absolute Gasteiger partial charge is 0.358 e. The van der Waals surface area contributed by atoms with Crippen LogP contribution in [-0.4, -0.2) is 38.5 Å². The Kier molecular flexibility index (Phi) is 10.5. The van der Waals surface area contributed by atoms with E-state index in [-0.39, 0.29) is 12.2 Å². The van der Waals surface area contributed by atoms with Crippen LogP contribution in [0, 0.1) is 16.7 Å². The van der Waals surface area contributed by atoms with Crippen molar-refractivity contribution in [3.63, 3.8) is 0 Å². The molecule has 0 saturated heterocycles. The predicted molar refractivity (Wildman–Crippen MR) is 156 cm³/mol. The number of hydrazine groups is 1. The molecule has 0 fully saturated rings. The molecule has 10 heteroatoms. The number of Topliss-reactive ketones (excluding diaryl/α,β-unsaturated/α-hetero) is 1. The fraction of sp³-hybridized carbons (Fsp3) is 0.286. The van der Waals surface area contributed by atoms with Crippen LogP contribution in [0.15, 0.2) is 67.6 Å². The average molecular weight is 570 g/mol. The molecule has 0 aliphatic rings. The van der Waals surface area contributed by atoms with Gasteiger partial charge in [0.1, 0.15) is 5.78 Å². The van der Waals surface area contributed by atoms with Gasteiger partial charge in [-0.2, -0.15) is 5.26 Å². The number of nitrogens with zero attached hydrogens (tertiary/aromatic N) is 4. The third-order valence-electron chi connectivity index (χ3n) is 6.02. The highest BCUT2D eigenvalue weighted by Crippen LogP contribution is 2.26. The van der Waals surface area contributed by atoms with Crippen LogP contribution in [0.25, 0.3) is 0 Å². The molecule has 0 amide bonds. The Labute approximate surface area is 239 Å². The first-order valence-corrected chi connectivity index (χ1v) is 13.1. The number of ketones is 1. The third-order valence-corrected chi connectivity index (χ3v) is 7.24. The molecule has 0 bridgehead atoms. The summed E-state index contributed by atoms with van der Waals surface area (Å²) in [5.41, 5.74) is 5.78. The van der Waals surface area contributed by atoms with Gasteiger partial charge < -0.3 is 9.88 Å². The van der Waals surface area contributed by atoms with Crippen molar-refractivity contribution < 1.29 is 4.79 Å². The number of hydrogen-bond acceptors (Lipinski definition) is 5. The minimum Gasteiger partial charge on any atom is -0.358 e. The second-order valence-corrected chi connectivity index (χ2v) is 10.6. The Hall–Kier alpha value is -3.22. The maximum absolute atomic E-state index is 13.5. The Balaban J connectivity index is 1.71. The number of thiocarbonyl (C=S) groups is 1. The van der Waals surface area contributed by atoms with E-state index in [2.05, 4.69) is 28.4 Å². The summed E-state index contributed by atoms with van der Waals surface area (Å²) in [7, 11) is 0. The van der Waals surface area contributed by atoms with Crippen molar-refractivity contribution in [2.45, 2.75) is 33.4 Å². The molecule has 38 heavy (non-hydrogen) atoms. The zero-order chi connectivity index (χ0) is 27.7. The molecule has 7 nitrogen and oxygen atoms in total. The molecule has 2 aromatic carbocycles. The maximum Gasteiger partial charge on any atom is 0.183 e. The first-order valence-electron chi connectivity index (χ1n) is 12.0. The number of imidazole rings is 1. The summed E-state index contributed by atoms with van der Waals surface area (Å²) < 4.78 is 1.95. The summed E-state index contributed by atoms with van der Waals surface area (Å²) in [4.78, 5) is 17.8. The minimum absolute atomic E-state index is 0.0400. The number of carbonyl (C=O) groups is 1. The van der Waals surface area contributed by atoms with Gasteiger partial charge in [-0.15, -0.1) is 6.58 Å². The van der Waals surface area contributed by atoms with Gasteiger partial charge in [-0.1, -0.05) is 67.4 Å². The highest BCUT2D eigenvalue weighted by molar-refractivity contribution is 7.80. The van der Waals surface area contributed by atoms with Crippen molar-refractivity contribution in [2.75, 3.05) is 13.1 Å². The zero-order valence-corrected chi connectivity index (χ0v) is 23.7. The number of benzene rings is 2. The first-order chi connectivity index (χ1) is 18.1. The van der Waals surface area contributed by atoms with E-state index in [1.165, 1.54) is 0 Å². The van der Waals surface area contributed by atoms with Crippen molar-refractivity contribution >= 4 is 46.3 Å². The summed E-state index contributed by atoms with van der Waals surface area (Å²) in [6.45, 7) is 9.25. The molecule has 0 atom stereocenters. The van der Waals surface area contributed by atoms with E-state index in [0.29, 0.717) is 46.9 Å². The number of nitrogens with one attached hydrogen (secondary N) is 2. The summed E-state index contributed by atoms with van der Waals surface area (Å²) in [6, 6.07) is 14.9. The van der Waals surface area contributed by atoms with E-state index >= 15 is 0 Å². The molecule has 0 spiro atoms. The number of aromatic nitrogens is 2. The molecule has 0 aliphatic heterocycles. The summed E-state index contributed by atoms with van der Waals surface area (Å²) in [5.74, 6) is 0.0400. The van der Waals surface area contributed by atoms with E-state index in [9.17, 15) is 4.79 Å². The molecule has 1 aromatic heterocycles. The zero-order valence-electron chi connectivity index (χ0n) is 21.4. The fourth-order valence-corrected chi connectivity index (χ4v) is 4.33. The Morgan fingerprint density at radius 1 is 1.26 bits per heavy atom. The number of halogens is 2. The lowest BCUT2D eigenvalue weighted by Gasteiger charge is -2.34. The fourth-order valence-electron chi connectivity index (χ4n) is 3.73. The molecular weight excluding hydrogens is 539 g/mol. The van der Waals surface area contributed by atoms with Gasteiger partial charge in [-0.25, -0.2) is 10.4 Å². The molecule has 1 heterocycles. The van der Waals surface area contributed by atoms with Crippen LogP contribution in [0.4, 0.5) is 0 Å². The minimum atomic E-state index is -0.755. The Morgan fingerprint density at radius 2 is 2.00 bits per heavy atom. The summed E-state index contributed by atoms with van der Waals surface area (Å²) >= 11 is 18.1. The summed E-state index contributed by atoms with van der Waals surface area (Å²) in [5, 5.41) is 15.3. The molecule has 3 aromatic rings. The average Bonchev–Trinajstić information content (AvgIpc) is 3.33. The third kappa shape index (κ3) is 7.89. The standard InChI is InChI=1S/C28H30Cl2N6OS/c1-4-12-33-27(38)36(34-15-22-6-5-7-24(29)26(22)30)18-28(2,3)25(37)13-23-16-32-19-35(23)17-21-10-8-20(14-31)9-11-21/h4-11,16,19,34H,1,12-13,15,17-18H2,2-3H3,(H,33,38). The lowest BCUT2D eigenvalue weighted by molar-refractivity contribution is -0.127. The van der Waals surface area contributed by atoms with Crippen molar-refractivity contribution in [2.24, 2.45) is 5.41 Å². The monoisotopic (exact) mass is 568 g/mol.